The zero-order chi connectivity index (χ0) is 13.7. The lowest BCUT2D eigenvalue weighted by atomic mass is 10.2. The predicted molar refractivity (Wildman–Crippen MR) is 66.4 cm³/mol. The van der Waals surface area contributed by atoms with E-state index in [4.69, 9.17) is 0 Å². The number of amides is 3. The first-order valence-corrected chi connectivity index (χ1v) is 5.97. The van der Waals surface area contributed by atoms with E-state index in [1.54, 1.807) is 6.92 Å². The van der Waals surface area contributed by atoms with Gasteiger partial charge in [-0.1, -0.05) is 6.08 Å². The highest BCUT2D eigenvalue weighted by Gasteiger charge is 2.32. The van der Waals surface area contributed by atoms with Gasteiger partial charge in [0.05, 0.1) is 0 Å². The van der Waals surface area contributed by atoms with Crippen molar-refractivity contribution in [3.8, 4) is 0 Å². The van der Waals surface area contributed by atoms with Gasteiger partial charge in [-0.15, -0.1) is 0 Å². The molecule has 0 radical (unpaired) electrons. The molecule has 0 bridgehead atoms. The van der Waals surface area contributed by atoms with Crippen LogP contribution in [0.5, 0.6) is 0 Å². The number of hydrogen-bond acceptors (Lipinski definition) is 3. The van der Waals surface area contributed by atoms with Gasteiger partial charge < -0.3 is 15.5 Å². The van der Waals surface area contributed by atoms with Crippen molar-refractivity contribution < 1.29 is 14.4 Å². The summed E-state index contributed by atoms with van der Waals surface area (Å²) in [4.78, 5) is 36.4. The number of hydrogen-bond donors (Lipinski definition) is 2. The molecule has 0 aromatic heterocycles. The van der Waals surface area contributed by atoms with Crippen LogP contribution in [-0.2, 0) is 14.4 Å². The van der Waals surface area contributed by atoms with Gasteiger partial charge in [0.2, 0.25) is 11.8 Å². The van der Waals surface area contributed by atoms with Crippen molar-refractivity contribution in [2.75, 3.05) is 13.6 Å². The van der Waals surface area contributed by atoms with E-state index in [0.717, 1.165) is 6.42 Å². The number of carbonyl (C=O) groups is 3. The third kappa shape index (κ3) is 3.09. The number of nitrogens with zero attached hydrogens (tertiary/aromatic N) is 1. The van der Waals surface area contributed by atoms with Gasteiger partial charge in [-0.2, -0.15) is 0 Å². The van der Waals surface area contributed by atoms with E-state index in [9.17, 15) is 14.4 Å². The quantitative estimate of drug-likeness (QED) is 0.682. The van der Waals surface area contributed by atoms with Gasteiger partial charge in [0.1, 0.15) is 11.7 Å². The second kappa shape index (κ2) is 6.18. The van der Waals surface area contributed by atoms with Crippen LogP contribution in [0.25, 0.3) is 0 Å². The van der Waals surface area contributed by atoms with E-state index in [2.05, 4.69) is 10.6 Å². The summed E-state index contributed by atoms with van der Waals surface area (Å²) in [6, 6.07) is -0.470. The van der Waals surface area contributed by atoms with Gasteiger partial charge >= 0.3 is 0 Å². The first kappa shape index (κ1) is 14.2. The molecule has 1 saturated heterocycles. The molecular formula is C12H19N3O3. The van der Waals surface area contributed by atoms with Gasteiger partial charge in [0, 0.05) is 20.5 Å². The number of nitrogens with one attached hydrogen (secondary N) is 2. The van der Waals surface area contributed by atoms with Crippen LogP contribution in [-0.4, -0.2) is 42.3 Å². The monoisotopic (exact) mass is 253 g/mol. The molecule has 1 aliphatic heterocycles. The maximum absolute atomic E-state index is 12.0. The summed E-state index contributed by atoms with van der Waals surface area (Å²) in [5.74, 6) is -0.771. The van der Waals surface area contributed by atoms with Crippen molar-refractivity contribution in [1.82, 2.24) is 15.5 Å². The van der Waals surface area contributed by atoms with Crippen molar-refractivity contribution in [3.63, 3.8) is 0 Å². The molecule has 1 fully saturated rings. The Morgan fingerprint density at radius 2 is 2.00 bits per heavy atom. The molecule has 6 nitrogen and oxygen atoms in total. The van der Waals surface area contributed by atoms with E-state index in [0.29, 0.717) is 13.0 Å². The molecule has 18 heavy (non-hydrogen) atoms. The molecule has 0 aliphatic carbocycles. The molecule has 0 aromatic rings. The second-order valence-corrected chi connectivity index (χ2v) is 4.14. The average molecular weight is 253 g/mol. The first-order valence-electron chi connectivity index (χ1n) is 5.97. The van der Waals surface area contributed by atoms with Crippen molar-refractivity contribution >= 4 is 17.7 Å². The Labute approximate surface area is 106 Å². The fourth-order valence-electron chi connectivity index (χ4n) is 2.03. The van der Waals surface area contributed by atoms with E-state index >= 15 is 0 Å². The lowest BCUT2D eigenvalue weighted by Crippen LogP contribution is -2.46. The lowest BCUT2D eigenvalue weighted by Gasteiger charge is -2.22. The minimum absolute atomic E-state index is 0.116. The van der Waals surface area contributed by atoms with E-state index in [1.165, 1.54) is 24.9 Å². The van der Waals surface area contributed by atoms with E-state index in [1.807, 2.05) is 0 Å². The molecule has 6 heteroatoms. The molecule has 100 valence electrons. The summed E-state index contributed by atoms with van der Waals surface area (Å²) in [7, 11) is 1.50. The molecule has 0 saturated carbocycles. The summed E-state index contributed by atoms with van der Waals surface area (Å²) in [6.45, 7) is 3.71. The molecule has 1 aliphatic rings. The number of allylic oxidation sites excluding steroid dienone is 1. The first-order chi connectivity index (χ1) is 8.51. The van der Waals surface area contributed by atoms with Gasteiger partial charge in [-0.05, 0) is 19.8 Å². The number of rotatable bonds is 3. The second-order valence-electron chi connectivity index (χ2n) is 4.14. The SMILES string of the molecule is C/C=C(\NC(=O)[C@@H]1CCCN1C(C)=O)C(=O)NC. The smallest absolute Gasteiger partial charge is 0.267 e. The van der Waals surface area contributed by atoms with E-state index in [-0.39, 0.29) is 23.4 Å². The third-order valence-electron chi connectivity index (χ3n) is 2.98. The van der Waals surface area contributed by atoms with Crippen molar-refractivity contribution in [1.29, 1.82) is 0 Å². The number of likely N-dealkylation sites (N-methyl/N-ethyl adjacent to an activating group) is 1. The summed E-state index contributed by atoms with van der Waals surface area (Å²) in [5.41, 5.74) is 0.206. The average Bonchev–Trinajstić information content (AvgIpc) is 2.84. The van der Waals surface area contributed by atoms with Gasteiger partial charge in [-0.3, -0.25) is 14.4 Å². The third-order valence-corrected chi connectivity index (χ3v) is 2.98. The summed E-state index contributed by atoms with van der Waals surface area (Å²) in [6.07, 6.45) is 2.97. The van der Waals surface area contributed by atoms with E-state index < -0.39 is 6.04 Å². The van der Waals surface area contributed by atoms with Crippen LogP contribution in [0.3, 0.4) is 0 Å². The highest BCUT2D eigenvalue weighted by molar-refractivity contribution is 5.99. The Kier molecular flexibility index (Phi) is 4.88. The molecule has 3 amide bonds. The largest absolute Gasteiger partial charge is 0.354 e. The fraction of sp³-hybridized carbons (Fsp3) is 0.583. The summed E-state index contributed by atoms with van der Waals surface area (Å²) >= 11 is 0. The van der Waals surface area contributed by atoms with Crippen LogP contribution in [0, 0.1) is 0 Å². The molecule has 0 aromatic carbocycles. The van der Waals surface area contributed by atoms with Crippen LogP contribution >= 0.6 is 0 Å². The Hall–Kier alpha value is -1.85. The molecule has 0 unspecified atom stereocenters. The maximum Gasteiger partial charge on any atom is 0.267 e. The zero-order valence-electron chi connectivity index (χ0n) is 10.9. The maximum atomic E-state index is 12.0. The van der Waals surface area contributed by atoms with Crippen LogP contribution in [0.15, 0.2) is 11.8 Å². The van der Waals surface area contributed by atoms with Crippen molar-refractivity contribution in [3.05, 3.63) is 11.8 Å². The van der Waals surface area contributed by atoms with Crippen molar-refractivity contribution in [2.24, 2.45) is 0 Å². The normalized spacial score (nSPS) is 19.6. The van der Waals surface area contributed by atoms with Crippen LogP contribution in [0.4, 0.5) is 0 Å². The molecule has 1 atom stereocenters. The number of likely N-dealkylation sites (tertiary alicyclic amines) is 1. The topological polar surface area (TPSA) is 78.5 Å². The minimum Gasteiger partial charge on any atom is -0.354 e. The minimum atomic E-state index is -0.470. The van der Waals surface area contributed by atoms with Crippen LogP contribution in [0.1, 0.15) is 26.7 Å². The lowest BCUT2D eigenvalue weighted by molar-refractivity contribution is -0.136. The van der Waals surface area contributed by atoms with Crippen LogP contribution in [0.2, 0.25) is 0 Å². The molecular weight excluding hydrogens is 234 g/mol. The molecule has 1 rings (SSSR count). The van der Waals surface area contributed by atoms with Crippen LogP contribution < -0.4 is 10.6 Å². The highest BCUT2D eigenvalue weighted by Crippen LogP contribution is 2.17. The highest BCUT2D eigenvalue weighted by atomic mass is 16.2. The molecule has 2 N–H and O–H groups in total. The Bertz CT molecular complexity index is 390. The Balaban J connectivity index is 2.70. The summed E-state index contributed by atoms with van der Waals surface area (Å²) < 4.78 is 0. The van der Waals surface area contributed by atoms with Gasteiger partial charge in [0.25, 0.3) is 5.91 Å². The predicted octanol–water partition coefficient (Wildman–Crippen LogP) is -0.237. The standard InChI is InChI=1S/C12H19N3O3/c1-4-9(11(17)13-3)14-12(18)10-6-5-7-15(10)8(2)16/h4,10H,5-7H2,1-3H3,(H,13,17)(H,14,18)/b9-4-/t10-/m0/s1. The number of carbonyl (C=O) groups excluding carboxylic acids is 3. The zero-order valence-corrected chi connectivity index (χ0v) is 10.9. The fourth-order valence-corrected chi connectivity index (χ4v) is 2.03. The Morgan fingerprint density at radius 3 is 2.50 bits per heavy atom. The molecule has 0 spiro atoms. The molecule has 1 heterocycles. The Morgan fingerprint density at radius 1 is 1.33 bits per heavy atom. The van der Waals surface area contributed by atoms with Gasteiger partial charge in [-0.25, -0.2) is 0 Å². The summed E-state index contributed by atoms with van der Waals surface area (Å²) in [5, 5.41) is 5.00. The van der Waals surface area contributed by atoms with Gasteiger partial charge in [0.15, 0.2) is 0 Å². The van der Waals surface area contributed by atoms with Crippen molar-refractivity contribution in [2.45, 2.75) is 32.7 Å².